The number of rotatable bonds is 2. The van der Waals surface area contributed by atoms with Crippen molar-refractivity contribution in [3.63, 3.8) is 0 Å². The minimum absolute atomic E-state index is 0.0651. The van der Waals surface area contributed by atoms with Crippen LogP contribution in [-0.4, -0.2) is 90.0 Å². The van der Waals surface area contributed by atoms with Gasteiger partial charge in [-0.15, -0.1) is 0 Å². The van der Waals surface area contributed by atoms with Crippen molar-refractivity contribution >= 4 is 35.4 Å². The van der Waals surface area contributed by atoms with E-state index in [0.717, 1.165) is 0 Å². The number of nitrogens with one attached hydrogen (secondary N) is 3. The van der Waals surface area contributed by atoms with Gasteiger partial charge in [0.25, 0.3) is 0 Å². The smallest absolute Gasteiger partial charge is 0.249 e. The number of hydrogen-bond acceptors (Lipinski definition) is 9. The summed E-state index contributed by atoms with van der Waals surface area (Å²) in [6.45, 7) is 14.8. The van der Waals surface area contributed by atoms with Gasteiger partial charge in [-0.1, -0.05) is 27.7 Å². The molecule has 0 radical (unpaired) electrons. The first-order chi connectivity index (χ1) is 17.4. The van der Waals surface area contributed by atoms with Crippen molar-refractivity contribution in [1.82, 2.24) is 16.0 Å². The summed E-state index contributed by atoms with van der Waals surface area (Å²) in [5, 5.41) is 8.85. The Morgan fingerprint density at radius 2 is 0.892 bits per heavy atom. The molecule has 3 amide bonds. The molecule has 9 atom stereocenters. The molecule has 0 aliphatic carbocycles. The summed E-state index contributed by atoms with van der Waals surface area (Å²) in [6.07, 6.45) is -1.60. The van der Waals surface area contributed by atoms with Crippen LogP contribution in [0.5, 0.6) is 0 Å². The minimum Gasteiger partial charge on any atom is -0.474 e. The van der Waals surface area contributed by atoms with Gasteiger partial charge in [0.2, 0.25) is 35.4 Å². The first-order valence-electron chi connectivity index (χ1n) is 13.0. The van der Waals surface area contributed by atoms with Gasteiger partial charge in [-0.25, -0.2) is 15.0 Å². The lowest BCUT2D eigenvalue weighted by atomic mass is 10.0. The van der Waals surface area contributed by atoms with Crippen molar-refractivity contribution in [2.75, 3.05) is 0 Å². The summed E-state index contributed by atoms with van der Waals surface area (Å²) in [4.78, 5) is 53.3. The second kappa shape index (κ2) is 10.3. The van der Waals surface area contributed by atoms with E-state index in [2.05, 4.69) is 30.9 Å². The van der Waals surface area contributed by atoms with Gasteiger partial charge in [0.05, 0.1) is 0 Å². The topological polar surface area (TPSA) is 152 Å². The highest BCUT2D eigenvalue weighted by atomic mass is 16.5. The maximum Gasteiger partial charge on any atom is 0.249 e. The molecule has 0 aromatic rings. The van der Waals surface area contributed by atoms with E-state index in [9.17, 15) is 14.4 Å². The van der Waals surface area contributed by atoms with Crippen LogP contribution >= 0.6 is 0 Å². The zero-order chi connectivity index (χ0) is 27.2. The highest BCUT2D eigenvalue weighted by molar-refractivity contribution is 5.99. The lowest BCUT2D eigenvalue weighted by Gasteiger charge is -2.24. The van der Waals surface area contributed by atoms with Gasteiger partial charge in [0, 0.05) is 0 Å². The van der Waals surface area contributed by atoms with Crippen LogP contribution < -0.4 is 16.0 Å². The number of carbonyl (C=O) groups is 3. The van der Waals surface area contributed by atoms with E-state index < -0.39 is 54.6 Å². The molecular weight excluding hydrogens is 480 g/mol. The van der Waals surface area contributed by atoms with E-state index in [1.165, 1.54) is 0 Å². The number of carbonyl (C=O) groups excluding carboxylic acids is 3. The van der Waals surface area contributed by atoms with Crippen LogP contribution in [0.3, 0.4) is 0 Å². The molecule has 0 saturated heterocycles. The van der Waals surface area contributed by atoms with E-state index in [4.69, 9.17) is 14.2 Å². The minimum atomic E-state index is -0.814. The fourth-order valence-corrected chi connectivity index (χ4v) is 4.78. The molecule has 0 saturated carbocycles. The third-order valence-corrected chi connectivity index (χ3v) is 7.05. The molecule has 6 bridgehead atoms. The maximum atomic E-state index is 13.3. The molecular formula is C25H38N6O6. The van der Waals surface area contributed by atoms with Crippen LogP contribution in [-0.2, 0) is 28.6 Å². The van der Waals surface area contributed by atoms with Crippen molar-refractivity contribution in [3.05, 3.63) is 0 Å². The van der Waals surface area contributed by atoms with Gasteiger partial charge < -0.3 is 30.2 Å². The number of nitrogens with zero attached hydrogens (tertiary/aromatic N) is 3. The Labute approximate surface area is 217 Å². The molecule has 37 heavy (non-hydrogen) atoms. The summed E-state index contributed by atoms with van der Waals surface area (Å²) in [5.41, 5.74) is 0. The second-order valence-corrected chi connectivity index (χ2v) is 10.9. The molecule has 0 aromatic heterocycles. The molecule has 4 rings (SSSR count). The number of aliphatic imine (C=N–C) groups is 3. The highest BCUT2D eigenvalue weighted by Crippen LogP contribution is 2.23. The highest BCUT2D eigenvalue weighted by Gasteiger charge is 2.44. The molecule has 0 spiro atoms. The zero-order valence-electron chi connectivity index (χ0n) is 22.6. The second-order valence-electron chi connectivity index (χ2n) is 10.9. The largest absolute Gasteiger partial charge is 0.474 e. The van der Waals surface area contributed by atoms with E-state index >= 15 is 0 Å². The van der Waals surface area contributed by atoms with Gasteiger partial charge in [0.1, 0.15) is 36.4 Å². The molecule has 4 aliphatic rings. The average molecular weight is 519 g/mol. The predicted octanol–water partition coefficient (Wildman–Crippen LogP) is 0.344. The zero-order valence-corrected chi connectivity index (χ0v) is 22.6. The van der Waals surface area contributed by atoms with Crippen LogP contribution in [0.2, 0.25) is 0 Å². The fraction of sp³-hybridized carbons (Fsp3) is 0.760. The van der Waals surface area contributed by atoms with Crippen LogP contribution in [0.15, 0.2) is 15.0 Å². The fourth-order valence-electron chi connectivity index (χ4n) is 4.78. The van der Waals surface area contributed by atoms with Crippen LogP contribution in [0.1, 0.15) is 55.4 Å². The normalized spacial score (nSPS) is 38.3. The van der Waals surface area contributed by atoms with E-state index in [-0.39, 0.29) is 35.5 Å². The molecule has 204 valence electrons. The SMILES string of the molecule is CC(C)[C@@H]1NC(=O)[C@H]2N=C(O[C@H]2C)[C@H](C)NC(=O)[C@H]2N=C(O[C@@H]2C)[C@H](C(C)C)NC(=O)[C@H]2N=C1O[C@@H]2C. The standard InChI is InChI=1S/C25H38N6O6/c1-9(2)15-24-30-17(13(7)36-24)20(32)26-11(5)23-29-18(12(6)35-23)21(33)27-16(10(3)4)25-31-19(14(8)37-25)22(34)28-15/h9-19H,1-8H3,(H,26,32)(H,27,33)(H,28,34)/t11-,12-,13+,14+,15-,16-,17-,18-,19-/m0/s1. The van der Waals surface area contributed by atoms with Crippen LogP contribution in [0.25, 0.3) is 0 Å². The lowest BCUT2D eigenvalue weighted by Crippen LogP contribution is -2.49. The molecule has 4 heterocycles. The Morgan fingerprint density at radius 3 is 1.27 bits per heavy atom. The molecule has 0 aromatic carbocycles. The Kier molecular flexibility index (Phi) is 7.48. The monoisotopic (exact) mass is 518 g/mol. The van der Waals surface area contributed by atoms with Crippen molar-refractivity contribution < 1.29 is 28.6 Å². The van der Waals surface area contributed by atoms with E-state index in [0.29, 0.717) is 11.8 Å². The molecule has 12 heteroatoms. The van der Waals surface area contributed by atoms with Crippen molar-refractivity contribution in [2.24, 2.45) is 26.8 Å². The van der Waals surface area contributed by atoms with E-state index in [1.54, 1.807) is 27.7 Å². The summed E-state index contributed by atoms with van der Waals surface area (Å²) >= 11 is 0. The number of ether oxygens (including phenoxy) is 3. The Bertz CT molecular complexity index is 1030. The summed E-state index contributed by atoms with van der Waals surface area (Å²) in [6, 6.07) is -4.12. The first-order valence-corrected chi connectivity index (χ1v) is 13.0. The van der Waals surface area contributed by atoms with Gasteiger partial charge in [-0.05, 0) is 39.5 Å². The Morgan fingerprint density at radius 1 is 0.568 bits per heavy atom. The molecule has 3 N–H and O–H groups in total. The van der Waals surface area contributed by atoms with Crippen molar-refractivity contribution in [1.29, 1.82) is 0 Å². The van der Waals surface area contributed by atoms with Gasteiger partial charge in [-0.3, -0.25) is 14.4 Å². The maximum absolute atomic E-state index is 13.3. The first kappa shape index (κ1) is 26.9. The average Bonchev–Trinajstić information content (AvgIpc) is 3.50. The van der Waals surface area contributed by atoms with Crippen LogP contribution in [0, 0.1) is 11.8 Å². The Hall–Kier alpha value is -3.18. The van der Waals surface area contributed by atoms with Crippen LogP contribution in [0.4, 0.5) is 0 Å². The number of hydrogen-bond donors (Lipinski definition) is 3. The lowest BCUT2D eigenvalue weighted by molar-refractivity contribution is -0.125. The molecule has 0 fully saturated rings. The number of amides is 3. The van der Waals surface area contributed by atoms with Crippen molar-refractivity contribution in [3.8, 4) is 0 Å². The van der Waals surface area contributed by atoms with Crippen molar-refractivity contribution in [2.45, 2.75) is 110 Å². The quantitative estimate of drug-likeness (QED) is 0.480. The summed E-state index contributed by atoms with van der Waals surface area (Å²) in [7, 11) is 0. The molecule has 0 unspecified atom stereocenters. The van der Waals surface area contributed by atoms with E-state index in [1.807, 2.05) is 27.7 Å². The number of fused-ring (bicyclic) bond motifs is 3. The summed E-state index contributed by atoms with van der Waals surface area (Å²) in [5.74, 6) is -0.301. The van der Waals surface area contributed by atoms with Gasteiger partial charge >= 0.3 is 0 Å². The predicted molar refractivity (Wildman–Crippen MR) is 136 cm³/mol. The van der Waals surface area contributed by atoms with Gasteiger partial charge in [0.15, 0.2) is 18.1 Å². The third-order valence-electron chi connectivity index (χ3n) is 7.05. The van der Waals surface area contributed by atoms with Gasteiger partial charge in [-0.2, -0.15) is 0 Å². The summed E-state index contributed by atoms with van der Waals surface area (Å²) < 4.78 is 17.8. The third kappa shape index (κ3) is 5.28. The molecule has 12 nitrogen and oxygen atoms in total. The Balaban J connectivity index is 1.72. The molecule has 4 aliphatic heterocycles.